The fraction of sp³-hybridized carbons (Fsp3) is 0.200. The molecule has 23 heavy (non-hydrogen) atoms. The van der Waals surface area contributed by atoms with Gasteiger partial charge in [0.15, 0.2) is 0 Å². The second-order valence-corrected chi connectivity index (χ2v) is 23.6. The van der Waals surface area contributed by atoms with Crippen molar-refractivity contribution >= 4 is 37.0 Å². The minimum absolute atomic E-state index is 0. The zero-order chi connectivity index (χ0) is 13.9. The zero-order valence-corrected chi connectivity index (χ0v) is 18.0. The molecule has 1 fully saturated rings. The normalized spacial score (nSPS) is 24.3. The molecule has 0 radical (unpaired) electrons. The van der Waals surface area contributed by atoms with Crippen molar-refractivity contribution in [1.82, 2.24) is 0 Å². The van der Waals surface area contributed by atoms with Gasteiger partial charge in [0.05, 0.1) is 0 Å². The Morgan fingerprint density at radius 1 is 0.652 bits per heavy atom. The van der Waals surface area contributed by atoms with Crippen molar-refractivity contribution in [3.05, 3.63) is 82.9 Å². The summed E-state index contributed by atoms with van der Waals surface area (Å²) >= 11 is -2.27. The molecule has 0 nitrogen and oxygen atoms in total. The molecule has 1 heterocycles. The zero-order valence-electron chi connectivity index (χ0n) is 12.8. The maximum atomic E-state index is 2.55. The van der Waals surface area contributed by atoms with E-state index in [4.69, 9.17) is 0 Å². The molecule has 2 aromatic carbocycles. The van der Waals surface area contributed by atoms with Crippen LogP contribution in [0, 0.1) is 0 Å². The van der Waals surface area contributed by atoms with Crippen LogP contribution in [0.25, 0.3) is 12.2 Å². The predicted octanol–water partition coefficient (Wildman–Crippen LogP) is 6.37. The summed E-state index contributed by atoms with van der Waals surface area (Å²) in [6, 6.07) is 18.1. The van der Waals surface area contributed by atoms with Crippen molar-refractivity contribution in [3.8, 4) is 0 Å². The number of hydrogen-bond donors (Lipinski definition) is 0. The molecule has 0 saturated carbocycles. The average molecular weight is 510 g/mol. The van der Waals surface area contributed by atoms with Crippen LogP contribution in [-0.2, 0) is 20.0 Å². The van der Waals surface area contributed by atoms with Gasteiger partial charge < -0.3 is 0 Å². The van der Waals surface area contributed by atoms with Gasteiger partial charge in [-0.3, -0.25) is 0 Å². The van der Waals surface area contributed by atoms with Crippen LogP contribution in [0.3, 0.4) is 0 Å². The molecule has 3 aliphatic rings. The largest absolute Gasteiger partial charge is 0.147 e. The van der Waals surface area contributed by atoms with Crippen LogP contribution in [0.1, 0.15) is 29.6 Å². The number of allylic oxidation sites excluding steroid dienone is 2. The summed E-state index contributed by atoms with van der Waals surface area (Å²) in [4.78, 5) is 0. The van der Waals surface area contributed by atoms with Gasteiger partial charge >= 0.3 is 131 Å². The second kappa shape index (κ2) is 6.35. The number of fused-ring (bicyclic) bond motifs is 2. The molecule has 2 atom stereocenters. The molecule has 0 spiro atoms. The van der Waals surface area contributed by atoms with Crippen molar-refractivity contribution in [2.24, 2.45) is 0 Å². The topological polar surface area (TPSA) is 0 Å². The van der Waals surface area contributed by atoms with E-state index >= 15 is 0 Å². The second-order valence-electron chi connectivity index (χ2n) is 6.66. The van der Waals surface area contributed by atoms with Crippen LogP contribution in [0.4, 0.5) is 0 Å². The van der Waals surface area contributed by atoms with Crippen molar-refractivity contribution < 1.29 is 20.0 Å². The Kier molecular flexibility index (Phi) is 4.75. The van der Waals surface area contributed by atoms with E-state index in [1.807, 2.05) is 0 Å². The van der Waals surface area contributed by atoms with E-state index in [0.29, 0.717) is 0 Å². The number of benzene rings is 2. The first-order chi connectivity index (χ1) is 10.4. The van der Waals surface area contributed by atoms with E-state index in [-0.39, 0.29) is 24.8 Å². The summed E-state index contributed by atoms with van der Waals surface area (Å²) in [5, 5.41) is 0. The van der Waals surface area contributed by atoms with E-state index in [1.54, 1.807) is 19.5 Å². The molecule has 2 aliphatic carbocycles. The van der Waals surface area contributed by atoms with Gasteiger partial charge in [-0.05, 0) is 0 Å². The first-order valence-corrected chi connectivity index (χ1v) is 17.2. The van der Waals surface area contributed by atoms with Gasteiger partial charge in [0.1, 0.15) is 0 Å². The molecule has 2 aromatic rings. The third-order valence-corrected chi connectivity index (χ3v) is 24.1. The molecule has 3 heteroatoms. The molecular formula is C20H20Cl2Hf. The Labute approximate surface area is 154 Å². The molecule has 0 amide bonds. The Bertz CT molecular complexity index is 726. The molecule has 0 aromatic heterocycles. The van der Waals surface area contributed by atoms with Crippen molar-refractivity contribution in [1.29, 1.82) is 0 Å². The Morgan fingerprint density at radius 3 is 1.52 bits per heavy atom. The summed E-state index contributed by atoms with van der Waals surface area (Å²) in [7, 11) is 0. The molecular weight excluding hydrogens is 490 g/mol. The maximum Gasteiger partial charge on any atom is -0.147 e. The van der Waals surface area contributed by atoms with Gasteiger partial charge in [-0.25, -0.2) is 0 Å². The van der Waals surface area contributed by atoms with E-state index in [9.17, 15) is 0 Å². The van der Waals surface area contributed by atoms with E-state index in [0.717, 1.165) is 7.35 Å². The smallest absolute Gasteiger partial charge is 0.147 e. The van der Waals surface area contributed by atoms with Gasteiger partial charge in [-0.15, -0.1) is 24.8 Å². The first kappa shape index (κ1) is 17.2. The van der Waals surface area contributed by atoms with Crippen LogP contribution in [-0.4, -0.2) is 0 Å². The van der Waals surface area contributed by atoms with Gasteiger partial charge in [-0.1, -0.05) is 0 Å². The van der Waals surface area contributed by atoms with E-state index in [2.05, 4.69) is 72.8 Å². The van der Waals surface area contributed by atoms with Crippen molar-refractivity contribution in [3.63, 3.8) is 0 Å². The Morgan fingerprint density at radius 2 is 1.09 bits per heavy atom. The summed E-state index contributed by atoms with van der Waals surface area (Å²) in [5.41, 5.74) is 6.22. The van der Waals surface area contributed by atoms with Gasteiger partial charge in [0.2, 0.25) is 0 Å². The molecule has 0 bridgehead atoms. The number of rotatable bonds is 2. The maximum absolute atomic E-state index is 2.55. The molecule has 0 N–H and O–H groups in total. The number of halogens is 2. The van der Waals surface area contributed by atoms with E-state index in [1.165, 1.54) is 11.1 Å². The average Bonchev–Trinajstić information content (AvgIpc) is 3.03. The van der Waals surface area contributed by atoms with E-state index < -0.39 is 20.0 Å². The monoisotopic (exact) mass is 510 g/mol. The minimum atomic E-state index is -2.27. The van der Waals surface area contributed by atoms with Crippen molar-refractivity contribution in [2.75, 3.05) is 0 Å². The van der Waals surface area contributed by atoms with Crippen LogP contribution in [0.15, 0.2) is 60.7 Å². The summed E-state index contributed by atoms with van der Waals surface area (Å²) in [6.45, 7) is 0. The molecule has 1 saturated heterocycles. The van der Waals surface area contributed by atoms with Crippen molar-refractivity contribution in [2.45, 2.75) is 15.7 Å². The first-order valence-electron chi connectivity index (χ1n) is 7.93. The third kappa shape index (κ3) is 2.52. The molecule has 2 unspecified atom stereocenters. The third-order valence-electron chi connectivity index (χ3n) is 5.66. The van der Waals surface area contributed by atoms with Gasteiger partial charge in [0, 0.05) is 0 Å². The predicted molar refractivity (Wildman–Crippen MR) is 101 cm³/mol. The Hall–Kier alpha value is -0.630. The summed E-state index contributed by atoms with van der Waals surface area (Å²) < 4.78 is 4.77. The van der Waals surface area contributed by atoms with Gasteiger partial charge in [-0.2, -0.15) is 0 Å². The molecule has 118 valence electrons. The number of hydrogen-bond acceptors (Lipinski definition) is 0. The van der Waals surface area contributed by atoms with Crippen LogP contribution in [0.2, 0.25) is 8.35 Å². The minimum Gasteiger partial charge on any atom is -0.147 e. The molecule has 1 aliphatic heterocycles. The fourth-order valence-corrected chi connectivity index (χ4v) is 29.6. The fourth-order valence-electron chi connectivity index (χ4n) is 4.46. The summed E-state index contributed by atoms with van der Waals surface area (Å²) in [6.07, 6.45) is 9.86. The standard InChI is InChI=1S/2C9H7.C2H4.2ClH.Hf/c2*1-2-5-9-7-3-6-8(9)4-1;1-2;;;/h2*1-7H;1-2H2;2*1H;. The Balaban J connectivity index is 0.000000781. The quantitative estimate of drug-likeness (QED) is 0.413. The van der Waals surface area contributed by atoms with Crippen LogP contribution >= 0.6 is 24.8 Å². The van der Waals surface area contributed by atoms with Crippen LogP contribution in [0.5, 0.6) is 0 Å². The molecule has 5 rings (SSSR count). The van der Waals surface area contributed by atoms with Crippen LogP contribution < -0.4 is 0 Å². The SMILES string of the molecule is C1=C[CH]([Hf]2([CH]3C=Cc4ccccc43)[CH2][CH2]2)c2ccccc21.Cl.Cl. The van der Waals surface area contributed by atoms with Gasteiger partial charge in [0.25, 0.3) is 0 Å². The summed E-state index contributed by atoms with van der Waals surface area (Å²) in [5.74, 6) is 0.